The van der Waals surface area contributed by atoms with Crippen LogP contribution in [0.3, 0.4) is 0 Å². The summed E-state index contributed by atoms with van der Waals surface area (Å²) in [7, 11) is 0. The van der Waals surface area contributed by atoms with E-state index in [9.17, 15) is 24.1 Å². The molecule has 138 valence electrons. The number of aromatic nitrogens is 2. The van der Waals surface area contributed by atoms with Crippen molar-refractivity contribution in [3.8, 4) is 0 Å². The van der Waals surface area contributed by atoms with Crippen LogP contribution in [-0.4, -0.2) is 20.4 Å². The van der Waals surface area contributed by atoms with Gasteiger partial charge in [0.2, 0.25) is 5.91 Å². The van der Waals surface area contributed by atoms with Crippen LogP contribution in [-0.2, 0) is 4.79 Å². The molecule has 3 aromatic rings. The predicted octanol–water partition coefficient (Wildman–Crippen LogP) is 3.30. The second kappa shape index (κ2) is 7.12. The molecular formula is C17H12ClFN4O4. The van der Waals surface area contributed by atoms with Crippen LogP contribution in [0.2, 0.25) is 5.02 Å². The Morgan fingerprint density at radius 1 is 1.33 bits per heavy atom. The zero-order chi connectivity index (χ0) is 19.7. The molecule has 1 aromatic heterocycles. The van der Waals surface area contributed by atoms with E-state index in [-0.39, 0.29) is 27.3 Å². The minimum absolute atomic E-state index is 0.00941. The minimum Gasteiger partial charge on any atom is -0.323 e. The van der Waals surface area contributed by atoms with Gasteiger partial charge in [0, 0.05) is 12.1 Å². The fourth-order valence-electron chi connectivity index (χ4n) is 2.47. The van der Waals surface area contributed by atoms with Crippen LogP contribution in [0, 0.1) is 15.9 Å². The van der Waals surface area contributed by atoms with Gasteiger partial charge in [-0.25, -0.2) is 9.37 Å². The number of nitro benzene ring substituents is 1. The van der Waals surface area contributed by atoms with Gasteiger partial charge in [-0.2, -0.15) is 0 Å². The summed E-state index contributed by atoms with van der Waals surface area (Å²) in [5, 5.41) is 13.5. The van der Waals surface area contributed by atoms with Crippen molar-refractivity contribution in [3.05, 3.63) is 74.0 Å². The smallest absolute Gasteiger partial charge is 0.270 e. The van der Waals surface area contributed by atoms with Crippen LogP contribution in [0.15, 0.2) is 47.5 Å². The topological polar surface area (TPSA) is 107 Å². The lowest BCUT2D eigenvalue weighted by Gasteiger charge is -2.16. The van der Waals surface area contributed by atoms with Crippen LogP contribution >= 0.6 is 11.6 Å². The molecule has 0 saturated heterocycles. The highest BCUT2D eigenvalue weighted by Gasteiger charge is 2.20. The molecule has 3 rings (SSSR count). The number of non-ortho nitro benzene ring substituents is 1. The van der Waals surface area contributed by atoms with Crippen molar-refractivity contribution in [3.63, 3.8) is 0 Å². The largest absolute Gasteiger partial charge is 0.323 e. The first-order chi connectivity index (χ1) is 12.8. The fourth-order valence-corrected chi connectivity index (χ4v) is 2.68. The van der Waals surface area contributed by atoms with E-state index in [1.54, 1.807) is 0 Å². The number of amides is 1. The number of nitrogens with zero attached hydrogens (tertiary/aromatic N) is 3. The zero-order valence-electron chi connectivity index (χ0n) is 13.8. The summed E-state index contributed by atoms with van der Waals surface area (Å²) in [5.74, 6) is -1.14. The molecule has 1 amide bonds. The second-order valence-corrected chi connectivity index (χ2v) is 6.11. The van der Waals surface area contributed by atoms with E-state index in [1.165, 1.54) is 31.5 Å². The molecule has 0 spiro atoms. The molecule has 0 fully saturated rings. The Bertz CT molecular complexity index is 1130. The van der Waals surface area contributed by atoms with E-state index in [4.69, 9.17) is 11.6 Å². The summed E-state index contributed by atoms with van der Waals surface area (Å²) in [6.07, 6.45) is 1.19. The Morgan fingerprint density at radius 3 is 2.74 bits per heavy atom. The molecule has 0 radical (unpaired) electrons. The molecule has 1 heterocycles. The van der Waals surface area contributed by atoms with Crippen LogP contribution < -0.4 is 10.9 Å². The summed E-state index contributed by atoms with van der Waals surface area (Å²) < 4.78 is 14.2. The molecule has 0 unspecified atom stereocenters. The van der Waals surface area contributed by atoms with E-state index in [1.807, 2.05) is 0 Å². The third-order valence-corrected chi connectivity index (χ3v) is 4.28. The third-order valence-electron chi connectivity index (χ3n) is 3.96. The molecule has 0 aliphatic heterocycles. The van der Waals surface area contributed by atoms with Gasteiger partial charge in [0.1, 0.15) is 11.9 Å². The monoisotopic (exact) mass is 390 g/mol. The maximum Gasteiger partial charge on any atom is 0.270 e. The summed E-state index contributed by atoms with van der Waals surface area (Å²) in [6.45, 7) is 1.46. The van der Waals surface area contributed by atoms with Gasteiger partial charge in [0.05, 0.1) is 32.9 Å². The van der Waals surface area contributed by atoms with Gasteiger partial charge in [-0.05, 0) is 31.2 Å². The number of carbonyl (C=O) groups excluding carboxylic acids is 1. The second-order valence-electron chi connectivity index (χ2n) is 5.70. The van der Waals surface area contributed by atoms with Gasteiger partial charge in [-0.15, -0.1) is 0 Å². The van der Waals surface area contributed by atoms with E-state index in [2.05, 4.69) is 10.3 Å². The van der Waals surface area contributed by atoms with Crippen molar-refractivity contribution in [1.82, 2.24) is 9.55 Å². The third kappa shape index (κ3) is 3.63. The van der Waals surface area contributed by atoms with E-state index >= 15 is 0 Å². The first-order valence-electron chi connectivity index (χ1n) is 7.69. The molecule has 27 heavy (non-hydrogen) atoms. The van der Waals surface area contributed by atoms with Crippen molar-refractivity contribution in [2.45, 2.75) is 13.0 Å². The number of halogens is 2. The molecule has 1 N–H and O–H groups in total. The molecule has 0 aliphatic carbocycles. The molecular weight excluding hydrogens is 379 g/mol. The summed E-state index contributed by atoms with van der Waals surface area (Å²) >= 11 is 5.88. The highest BCUT2D eigenvalue weighted by Crippen LogP contribution is 2.23. The molecule has 2 aromatic carbocycles. The normalized spacial score (nSPS) is 12.0. The number of benzene rings is 2. The summed E-state index contributed by atoms with van der Waals surface area (Å²) in [6, 6.07) is 6.21. The molecule has 0 saturated carbocycles. The average Bonchev–Trinajstić information content (AvgIpc) is 2.63. The lowest BCUT2D eigenvalue weighted by atomic mass is 10.2. The summed E-state index contributed by atoms with van der Waals surface area (Å²) in [5.41, 5.74) is -0.394. The van der Waals surface area contributed by atoms with Crippen molar-refractivity contribution in [2.24, 2.45) is 0 Å². The maximum atomic E-state index is 13.1. The Kier molecular flexibility index (Phi) is 4.87. The fraction of sp³-hybridized carbons (Fsp3) is 0.118. The number of rotatable bonds is 4. The Labute approximate surface area is 156 Å². The van der Waals surface area contributed by atoms with Crippen LogP contribution in [0.4, 0.5) is 15.8 Å². The SMILES string of the molecule is C[C@H](C(=O)Nc1ccc(F)cc1Cl)n1cnc2ccc([N+](=O)[O-])cc2c1=O. The van der Waals surface area contributed by atoms with Crippen LogP contribution in [0.1, 0.15) is 13.0 Å². The molecule has 1 atom stereocenters. The average molecular weight is 391 g/mol. The zero-order valence-corrected chi connectivity index (χ0v) is 14.6. The number of fused-ring (bicyclic) bond motifs is 1. The van der Waals surface area contributed by atoms with Gasteiger partial charge in [-0.1, -0.05) is 11.6 Å². The first kappa shape index (κ1) is 18.5. The number of hydrogen-bond acceptors (Lipinski definition) is 5. The summed E-state index contributed by atoms with van der Waals surface area (Å²) in [4.78, 5) is 39.5. The van der Waals surface area contributed by atoms with Crippen LogP contribution in [0.5, 0.6) is 0 Å². The molecule has 0 bridgehead atoms. The number of nitro groups is 1. The van der Waals surface area contributed by atoms with Crippen molar-refractivity contribution in [2.75, 3.05) is 5.32 Å². The standard InChI is InChI=1S/C17H12ClFN4O4/c1-9(16(24)21-15-4-2-10(19)6-13(15)18)22-8-20-14-5-3-11(23(26)27)7-12(14)17(22)25/h2-9H,1H3,(H,21,24)/t9-/m1/s1. The first-order valence-corrected chi connectivity index (χ1v) is 8.07. The van der Waals surface area contributed by atoms with Crippen molar-refractivity contribution >= 4 is 39.8 Å². The lowest BCUT2D eigenvalue weighted by Crippen LogP contribution is -2.31. The molecule has 0 aliphatic rings. The molecule has 10 heteroatoms. The quantitative estimate of drug-likeness (QED) is 0.543. The lowest BCUT2D eigenvalue weighted by molar-refractivity contribution is -0.384. The van der Waals surface area contributed by atoms with Gasteiger partial charge in [0.25, 0.3) is 11.2 Å². The van der Waals surface area contributed by atoms with Gasteiger partial charge < -0.3 is 5.32 Å². The van der Waals surface area contributed by atoms with Crippen LogP contribution in [0.25, 0.3) is 10.9 Å². The van der Waals surface area contributed by atoms with Gasteiger partial charge >= 0.3 is 0 Å². The minimum atomic E-state index is -0.991. The number of nitrogens with one attached hydrogen (secondary N) is 1. The highest BCUT2D eigenvalue weighted by molar-refractivity contribution is 6.33. The number of carbonyl (C=O) groups is 1. The van der Waals surface area contributed by atoms with E-state index in [0.717, 1.165) is 22.8 Å². The van der Waals surface area contributed by atoms with E-state index < -0.39 is 28.2 Å². The number of hydrogen-bond donors (Lipinski definition) is 1. The maximum absolute atomic E-state index is 13.1. The predicted molar refractivity (Wildman–Crippen MR) is 97.4 cm³/mol. The van der Waals surface area contributed by atoms with Gasteiger partial charge in [-0.3, -0.25) is 24.3 Å². The Hall–Kier alpha value is -3.33. The Morgan fingerprint density at radius 2 is 2.07 bits per heavy atom. The molecule has 8 nitrogen and oxygen atoms in total. The number of anilines is 1. The van der Waals surface area contributed by atoms with E-state index in [0.29, 0.717) is 0 Å². The highest BCUT2D eigenvalue weighted by atomic mass is 35.5. The van der Waals surface area contributed by atoms with Crippen molar-refractivity contribution in [1.29, 1.82) is 0 Å². The Balaban J connectivity index is 1.95. The van der Waals surface area contributed by atoms with Gasteiger partial charge in [0.15, 0.2) is 0 Å². The van der Waals surface area contributed by atoms with Crippen molar-refractivity contribution < 1.29 is 14.1 Å².